The molecule has 2 aromatic heterocycles. The second-order valence-electron chi connectivity index (χ2n) is 16.0. The number of nitrogens with zero attached hydrogens (tertiary/aromatic N) is 2. The number of nitrogens with one attached hydrogen (secondary N) is 2. The van der Waals surface area contributed by atoms with Crippen molar-refractivity contribution in [2.75, 3.05) is 10.6 Å². The number of thiazole rings is 2. The molecule has 2 heterocycles. The van der Waals surface area contributed by atoms with Crippen LogP contribution in [0.25, 0.3) is 0 Å². The van der Waals surface area contributed by atoms with Gasteiger partial charge < -0.3 is 10.6 Å². The number of hydrogen-bond donors (Lipinski definition) is 2. The lowest BCUT2D eigenvalue weighted by molar-refractivity contribution is -0.117. The van der Waals surface area contributed by atoms with E-state index in [1.165, 1.54) is 74.0 Å². The van der Waals surface area contributed by atoms with Crippen molar-refractivity contribution in [3.63, 3.8) is 0 Å². The summed E-state index contributed by atoms with van der Waals surface area (Å²) in [7, 11) is 0. The van der Waals surface area contributed by atoms with E-state index >= 15 is 0 Å². The van der Waals surface area contributed by atoms with Gasteiger partial charge in [-0.15, -0.1) is 22.7 Å². The summed E-state index contributed by atoms with van der Waals surface area (Å²) in [5.74, 6) is 0.0975. The van der Waals surface area contributed by atoms with Crippen molar-refractivity contribution in [1.82, 2.24) is 9.97 Å². The Morgan fingerprint density at radius 1 is 0.533 bits per heavy atom. The van der Waals surface area contributed by atoms with Gasteiger partial charge in [0, 0.05) is 28.5 Å². The van der Waals surface area contributed by atoms with Crippen LogP contribution in [0.4, 0.5) is 10.3 Å². The van der Waals surface area contributed by atoms with E-state index in [4.69, 9.17) is 0 Å². The molecule has 0 fully saturated rings. The van der Waals surface area contributed by atoms with Crippen molar-refractivity contribution >= 4 is 44.8 Å². The van der Waals surface area contributed by atoms with E-state index in [1.807, 2.05) is 19.2 Å². The molecule has 332 valence electrons. The zero-order chi connectivity index (χ0) is 43.9. The Balaban J connectivity index is 0.000000601. The molecular formula is C52H80N4O2S2. The number of unbranched alkanes of at least 4 members (excludes halogenated alkanes) is 8. The molecule has 0 aliphatic rings. The van der Waals surface area contributed by atoms with E-state index in [1.54, 1.807) is 0 Å². The van der Waals surface area contributed by atoms with Crippen LogP contribution in [0.2, 0.25) is 0 Å². The summed E-state index contributed by atoms with van der Waals surface area (Å²) in [5.41, 5.74) is 2.03. The maximum atomic E-state index is 12.0. The zero-order valence-electron chi connectivity index (χ0n) is 38.5. The summed E-state index contributed by atoms with van der Waals surface area (Å²) in [5, 5.41) is 9.23. The highest BCUT2D eigenvalue weighted by molar-refractivity contribution is 7.15. The van der Waals surface area contributed by atoms with Crippen LogP contribution in [-0.4, -0.2) is 21.8 Å². The van der Waals surface area contributed by atoms with Crippen LogP contribution in [-0.2, 0) is 15.0 Å². The molecule has 0 saturated heterocycles. The van der Waals surface area contributed by atoms with Crippen molar-refractivity contribution in [1.29, 1.82) is 0 Å². The molecular weight excluding hydrogens is 777 g/mol. The summed E-state index contributed by atoms with van der Waals surface area (Å²) >= 11 is 3.03. The molecule has 0 radical (unpaired) electrons. The molecule has 0 aromatic carbocycles. The van der Waals surface area contributed by atoms with Crippen LogP contribution in [0.15, 0.2) is 103 Å². The Hall–Kier alpha value is -3.88. The second kappa shape index (κ2) is 36.9. The van der Waals surface area contributed by atoms with Gasteiger partial charge in [0.2, 0.25) is 11.8 Å². The Bertz CT molecular complexity index is 1630. The lowest BCUT2D eigenvalue weighted by Gasteiger charge is -2.14. The first kappa shape index (κ1) is 54.1. The first-order valence-electron chi connectivity index (χ1n) is 22.8. The minimum absolute atomic E-state index is 0.0138. The molecule has 6 nitrogen and oxygen atoms in total. The average molecular weight is 857 g/mol. The molecule has 0 spiro atoms. The summed E-state index contributed by atoms with van der Waals surface area (Å²) in [4.78, 5) is 33.9. The third kappa shape index (κ3) is 32.0. The third-order valence-electron chi connectivity index (χ3n) is 9.26. The van der Waals surface area contributed by atoms with Gasteiger partial charge in [0.1, 0.15) is 0 Å². The molecule has 2 rings (SSSR count). The quantitative estimate of drug-likeness (QED) is 0.0605. The van der Waals surface area contributed by atoms with E-state index in [0.717, 1.165) is 80.5 Å². The van der Waals surface area contributed by atoms with Crippen LogP contribution in [0.1, 0.15) is 179 Å². The number of aromatic nitrogens is 2. The van der Waals surface area contributed by atoms with E-state index in [-0.39, 0.29) is 17.2 Å². The number of rotatable bonds is 30. The largest absolute Gasteiger partial charge is 0.302 e. The van der Waals surface area contributed by atoms with E-state index in [0.29, 0.717) is 23.1 Å². The molecule has 0 atom stereocenters. The van der Waals surface area contributed by atoms with Gasteiger partial charge in [-0.05, 0) is 104 Å². The minimum Gasteiger partial charge on any atom is -0.302 e. The monoisotopic (exact) mass is 857 g/mol. The first-order chi connectivity index (χ1) is 29.1. The van der Waals surface area contributed by atoms with Crippen LogP contribution >= 0.6 is 22.7 Å². The fourth-order valence-electron chi connectivity index (χ4n) is 5.45. The summed E-state index contributed by atoms with van der Waals surface area (Å²) < 4.78 is 0. The maximum absolute atomic E-state index is 12.0. The Kier molecular flexibility index (Phi) is 33.3. The number of amides is 2. The van der Waals surface area contributed by atoms with Gasteiger partial charge in [-0.1, -0.05) is 158 Å². The molecule has 60 heavy (non-hydrogen) atoms. The maximum Gasteiger partial charge on any atom is 0.226 e. The number of allylic oxidation sites excluding steroid dienone is 16. The number of aryl methyl sites for hydroxylation is 2. The lowest BCUT2D eigenvalue weighted by Crippen LogP contribution is -2.13. The topological polar surface area (TPSA) is 84.0 Å². The Labute approximate surface area is 374 Å². The predicted octanol–water partition coefficient (Wildman–Crippen LogP) is 16.4. The van der Waals surface area contributed by atoms with Gasteiger partial charge in [-0.3, -0.25) is 9.59 Å². The Morgan fingerprint density at radius 3 is 1.23 bits per heavy atom. The predicted molar refractivity (Wildman–Crippen MR) is 266 cm³/mol. The number of carbonyl (C=O) groups excluding carboxylic acids is 2. The van der Waals surface area contributed by atoms with Gasteiger partial charge in [0.15, 0.2) is 10.3 Å². The molecule has 0 unspecified atom stereocenters. The molecule has 2 amide bonds. The first-order valence-corrected chi connectivity index (χ1v) is 24.5. The minimum atomic E-state index is 0.0138. The van der Waals surface area contributed by atoms with Crippen LogP contribution in [0, 0.1) is 13.8 Å². The van der Waals surface area contributed by atoms with Crippen LogP contribution in [0.3, 0.4) is 0 Å². The fourth-order valence-corrected chi connectivity index (χ4v) is 7.23. The van der Waals surface area contributed by atoms with Gasteiger partial charge in [-0.25, -0.2) is 9.97 Å². The number of hydrogen-bond acceptors (Lipinski definition) is 6. The van der Waals surface area contributed by atoms with Gasteiger partial charge in [0.25, 0.3) is 0 Å². The zero-order valence-corrected chi connectivity index (χ0v) is 40.1. The lowest BCUT2D eigenvalue weighted by atomic mass is 9.93. The van der Waals surface area contributed by atoms with Crippen molar-refractivity contribution in [2.24, 2.45) is 0 Å². The number of anilines is 2. The smallest absolute Gasteiger partial charge is 0.226 e. The molecule has 8 heteroatoms. The standard InChI is InChI=1S/C27H42N2OS.C25H38N2OS/c1-5-6-7-8-9-10-11-12-13-14-15-16-17-18-19-20-21-22-25(30)29-26-28-24(23-31-26)27(2,3)4;1-4-5-6-7-8-9-10-11-12-13-14-15-16-17-18-19-20-21-24(28)27-25-26-22(2)23(3)29-25/h9-10,12-13,15-16,18-19,23H,5-8,11,14,17,20-22H2,1-4H3,(H,28,29,30);8-9,11-12,14-15,17-18H,4-7,10,13,16,19-21H2,1-3H3,(H,26,27,28)/b10-9-,13-12-,16-15-,19-18-;9-8-,12-11-,15-14-,18-17-. The van der Waals surface area contributed by atoms with E-state index in [2.05, 4.69) is 152 Å². The molecule has 0 aliphatic heterocycles. The summed E-state index contributed by atoms with van der Waals surface area (Å²) in [6.45, 7) is 14.8. The molecule has 2 aromatic rings. The Morgan fingerprint density at radius 2 is 0.900 bits per heavy atom. The highest BCUT2D eigenvalue weighted by atomic mass is 32.1. The highest BCUT2D eigenvalue weighted by Crippen LogP contribution is 2.26. The summed E-state index contributed by atoms with van der Waals surface area (Å²) in [6.07, 6.45) is 56.4. The van der Waals surface area contributed by atoms with E-state index in [9.17, 15) is 9.59 Å². The van der Waals surface area contributed by atoms with Crippen LogP contribution in [0.5, 0.6) is 0 Å². The van der Waals surface area contributed by atoms with Gasteiger partial charge in [0.05, 0.1) is 11.4 Å². The summed E-state index contributed by atoms with van der Waals surface area (Å²) in [6, 6.07) is 0. The van der Waals surface area contributed by atoms with E-state index < -0.39 is 0 Å². The van der Waals surface area contributed by atoms with Crippen molar-refractivity contribution in [3.05, 3.63) is 119 Å². The fraction of sp³-hybridized carbons (Fsp3) is 0.538. The second-order valence-corrected chi connectivity index (χ2v) is 18.1. The molecule has 0 aliphatic carbocycles. The highest BCUT2D eigenvalue weighted by Gasteiger charge is 2.18. The van der Waals surface area contributed by atoms with Crippen molar-refractivity contribution < 1.29 is 9.59 Å². The third-order valence-corrected chi connectivity index (χ3v) is 11.0. The normalized spacial score (nSPS) is 12.5. The SMILES string of the molecule is CCCCC/C=C\C/C=C\C/C=C\C/C=C\CCCC(=O)Nc1nc(C(C)(C)C)cs1.CCCCC/C=C\C/C=C\C/C=C\C/C=C\CCCC(=O)Nc1nc(C)c(C)s1. The number of carbonyl (C=O) groups is 2. The van der Waals surface area contributed by atoms with Crippen LogP contribution < -0.4 is 10.6 Å². The van der Waals surface area contributed by atoms with Crippen molar-refractivity contribution in [3.8, 4) is 0 Å². The molecule has 2 N–H and O–H groups in total. The molecule has 0 saturated carbocycles. The average Bonchev–Trinajstić information content (AvgIpc) is 3.82. The van der Waals surface area contributed by atoms with Gasteiger partial charge >= 0.3 is 0 Å². The van der Waals surface area contributed by atoms with Gasteiger partial charge in [-0.2, -0.15) is 0 Å². The molecule has 0 bridgehead atoms. The van der Waals surface area contributed by atoms with Crippen molar-refractivity contribution in [2.45, 2.75) is 182 Å².